The van der Waals surface area contributed by atoms with Crippen LogP contribution in [0, 0.1) is 0 Å². The van der Waals surface area contributed by atoms with Crippen LogP contribution in [0.3, 0.4) is 0 Å². The van der Waals surface area contributed by atoms with Gasteiger partial charge in [0.25, 0.3) is 0 Å². The summed E-state index contributed by atoms with van der Waals surface area (Å²) in [5, 5.41) is 0. The highest BCUT2D eigenvalue weighted by Gasteiger charge is 2.31. The molecule has 0 aromatic heterocycles. The molecule has 0 N–H and O–H groups in total. The van der Waals surface area contributed by atoms with E-state index in [0.717, 1.165) is 51.1 Å². The van der Waals surface area contributed by atoms with E-state index in [4.69, 9.17) is 0 Å². The van der Waals surface area contributed by atoms with Crippen LogP contribution in [0.4, 0.5) is 13.2 Å². The summed E-state index contributed by atoms with van der Waals surface area (Å²) in [6.45, 7) is 15.2. The van der Waals surface area contributed by atoms with Gasteiger partial charge in [-0.25, -0.2) is 4.99 Å². The van der Waals surface area contributed by atoms with Crippen molar-refractivity contribution in [2.45, 2.75) is 79.3 Å². The molecular formula is C19H35F3N2. The van der Waals surface area contributed by atoms with Crippen LogP contribution in [0.1, 0.15) is 73.1 Å². The minimum Gasteiger partial charge on any atom is -0.357 e. The van der Waals surface area contributed by atoms with Gasteiger partial charge in [-0.2, -0.15) is 13.2 Å². The summed E-state index contributed by atoms with van der Waals surface area (Å²) >= 11 is 0. The lowest BCUT2D eigenvalue weighted by Crippen LogP contribution is -2.24. The highest BCUT2D eigenvalue weighted by atomic mass is 19.4. The first-order chi connectivity index (χ1) is 11.3. The van der Waals surface area contributed by atoms with E-state index in [1.165, 1.54) is 19.8 Å². The quantitative estimate of drug-likeness (QED) is 0.315. The van der Waals surface area contributed by atoms with E-state index < -0.39 is 11.7 Å². The Kier molecular flexibility index (Phi) is 15.9. The van der Waals surface area contributed by atoms with Crippen LogP contribution in [-0.2, 0) is 0 Å². The second-order valence-electron chi connectivity index (χ2n) is 5.61. The molecule has 24 heavy (non-hydrogen) atoms. The van der Waals surface area contributed by atoms with E-state index in [2.05, 4.69) is 32.3 Å². The lowest BCUT2D eigenvalue weighted by molar-refractivity contribution is -0.0857. The third kappa shape index (κ3) is 13.2. The molecule has 0 aromatic rings. The molecule has 142 valence electrons. The molecule has 0 aliphatic heterocycles. The van der Waals surface area contributed by atoms with Crippen molar-refractivity contribution in [3.05, 3.63) is 24.0 Å². The first-order valence-corrected chi connectivity index (χ1v) is 8.99. The molecule has 0 radical (unpaired) electrons. The van der Waals surface area contributed by atoms with Crippen LogP contribution >= 0.6 is 0 Å². The average molecular weight is 348 g/mol. The molecule has 0 saturated heterocycles. The van der Waals surface area contributed by atoms with E-state index in [1.54, 1.807) is 0 Å². The zero-order chi connectivity index (χ0) is 19.0. The van der Waals surface area contributed by atoms with Crippen molar-refractivity contribution in [3.63, 3.8) is 0 Å². The van der Waals surface area contributed by atoms with Crippen LogP contribution in [0.25, 0.3) is 0 Å². The molecule has 5 heteroatoms. The van der Waals surface area contributed by atoms with Gasteiger partial charge in [0.15, 0.2) is 0 Å². The number of unbranched alkanes of at least 4 members (excludes halogenated alkanes) is 3. The number of hydrogen-bond acceptors (Lipinski definition) is 2. The molecule has 0 atom stereocenters. The molecule has 0 rings (SSSR count). The summed E-state index contributed by atoms with van der Waals surface area (Å²) in [5.74, 6) is 0.395. The molecule has 0 unspecified atom stereocenters. The number of alkyl halides is 3. The molecule has 0 spiro atoms. The summed E-state index contributed by atoms with van der Waals surface area (Å²) in [4.78, 5) is 5.82. The number of halogens is 3. The maximum Gasteiger partial charge on any atom is 0.417 e. The highest BCUT2D eigenvalue weighted by Crippen LogP contribution is 2.24. The van der Waals surface area contributed by atoms with E-state index in [0.29, 0.717) is 5.82 Å². The Bertz CT molecular complexity index is 369. The molecule has 0 aliphatic carbocycles. The summed E-state index contributed by atoms with van der Waals surface area (Å²) in [6, 6.07) is 0. The zero-order valence-corrected chi connectivity index (χ0v) is 16.0. The van der Waals surface area contributed by atoms with Gasteiger partial charge in [0.2, 0.25) is 0 Å². The minimum atomic E-state index is -4.36. The van der Waals surface area contributed by atoms with E-state index in [9.17, 15) is 13.2 Å². The fraction of sp³-hybridized carbons (Fsp3) is 0.737. The Hall–Kier alpha value is -1.26. The maximum atomic E-state index is 12.6. The third-order valence-electron chi connectivity index (χ3n) is 3.38. The number of allylic oxidation sites excluding steroid dienone is 2. The lowest BCUT2D eigenvalue weighted by atomic mass is 10.2. The van der Waals surface area contributed by atoms with E-state index >= 15 is 0 Å². The molecule has 0 aliphatic rings. The second-order valence-corrected chi connectivity index (χ2v) is 5.61. The molecule has 2 nitrogen and oxygen atoms in total. The maximum absolute atomic E-state index is 12.6. The van der Waals surface area contributed by atoms with Crippen LogP contribution < -0.4 is 0 Å². The van der Waals surface area contributed by atoms with Crippen LogP contribution in [0.2, 0.25) is 0 Å². The second kappa shape index (κ2) is 15.3. The van der Waals surface area contributed by atoms with Crippen LogP contribution in [-0.4, -0.2) is 30.4 Å². The Labute approximate surface area is 146 Å². The lowest BCUT2D eigenvalue weighted by Gasteiger charge is -2.23. The normalized spacial score (nSPS) is 12.1. The first kappa shape index (κ1) is 25.0. The smallest absolute Gasteiger partial charge is 0.357 e. The summed E-state index contributed by atoms with van der Waals surface area (Å²) in [5.41, 5.74) is -0.747. The molecule has 0 amide bonds. The zero-order valence-electron chi connectivity index (χ0n) is 16.0. The Balaban J connectivity index is 0. The van der Waals surface area contributed by atoms with Crippen molar-refractivity contribution >= 4 is 6.21 Å². The van der Waals surface area contributed by atoms with Crippen molar-refractivity contribution in [1.29, 1.82) is 0 Å². The molecule has 0 fully saturated rings. The Morgan fingerprint density at radius 2 is 1.54 bits per heavy atom. The minimum absolute atomic E-state index is 0.395. The van der Waals surface area contributed by atoms with Crippen molar-refractivity contribution < 1.29 is 13.2 Å². The van der Waals surface area contributed by atoms with Crippen LogP contribution in [0.5, 0.6) is 0 Å². The van der Waals surface area contributed by atoms with Gasteiger partial charge >= 0.3 is 6.18 Å². The highest BCUT2D eigenvalue weighted by molar-refractivity contribution is 5.80. The Morgan fingerprint density at radius 3 is 1.92 bits per heavy atom. The summed E-state index contributed by atoms with van der Waals surface area (Å²) < 4.78 is 37.7. The third-order valence-corrected chi connectivity index (χ3v) is 3.38. The average Bonchev–Trinajstić information content (AvgIpc) is 2.53. The summed E-state index contributed by atoms with van der Waals surface area (Å²) in [6.07, 6.45) is 4.25. The van der Waals surface area contributed by atoms with Crippen molar-refractivity contribution in [3.8, 4) is 0 Å². The van der Waals surface area contributed by atoms with Crippen molar-refractivity contribution in [1.82, 2.24) is 4.90 Å². The van der Waals surface area contributed by atoms with E-state index in [1.807, 2.05) is 11.8 Å². The monoisotopic (exact) mass is 348 g/mol. The predicted molar refractivity (Wildman–Crippen MR) is 99.4 cm³/mol. The fourth-order valence-corrected chi connectivity index (χ4v) is 1.73. The van der Waals surface area contributed by atoms with Gasteiger partial charge in [-0.05, 0) is 19.8 Å². The number of hydrogen-bond donors (Lipinski definition) is 0. The largest absolute Gasteiger partial charge is 0.417 e. The van der Waals surface area contributed by atoms with Gasteiger partial charge in [-0.15, -0.1) is 0 Å². The SMILES string of the molecule is C=C(/N=C\C(=C/C)C(F)(F)F)N(CCC)CCCCC.CCCC. The van der Waals surface area contributed by atoms with Gasteiger partial charge in [-0.1, -0.05) is 66.0 Å². The Morgan fingerprint density at radius 1 is 0.958 bits per heavy atom. The number of nitrogens with zero attached hydrogens (tertiary/aromatic N) is 2. The van der Waals surface area contributed by atoms with Gasteiger partial charge in [0.05, 0.1) is 5.57 Å². The van der Waals surface area contributed by atoms with Crippen molar-refractivity contribution in [2.24, 2.45) is 4.99 Å². The standard InChI is InChI=1S/C15H25F3N2.C4H10/c1-5-8-9-11-20(10-6-2)13(4)19-12-14(7-3)15(16,17)18;1-3-4-2/h7,12H,4-6,8-11H2,1-3H3;3-4H2,1-2H3/b14-7+,19-12-;. The molecule has 0 saturated carbocycles. The van der Waals surface area contributed by atoms with Gasteiger partial charge < -0.3 is 4.90 Å². The number of aliphatic imine (C=N–C) groups is 1. The molecule has 0 bridgehead atoms. The van der Waals surface area contributed by atoms with Crippen molar-refractivity contribution in [2.75, 3.05) is 13.1 Å². The predicted octanol–water partition coefficient (Wildman–Crippen LogP) is 6.75. The van der Waals surface area contributed by atoms with Gasteiger partial charge in [0, 0.05) is 19.3 Å². The van der Waals surface area contributed by atoms with Gasteiger partial charge in [-0.3, -0.25) is 0 Å². The topological polar surface area (TPSA) is 15.6 Å². The molecular weight excluding hydrogens is 313 g/mol. The van der Waals surface area contributed by atoms with E-state index in [-0.39, 0.29) is 0 Å². The first-order valence-electron chi connectivity index (χ1n) is 8.99. The van der Waals surface area contributed by atoms with Gasteiger partial charge in [0.1, 0.15) is 5.82 Å². The molecule has 0 aromatic carbocycles. The fourth-order valence-electron chi connectivity index (χ4n) is 1.73. The summed E-state index contributed by atoms with van der Waals surface area (Å²) in [7, 11) is 0. The molecule has 0 heterocycles. The number of rotatable bonds is 10. The van der Waals surface area contributed by atoms with Crippen LogP contribution in [0.15, 0.2) is 29.0 Å².